The smallest absolute Gasteiger partial charge is 0.0673 e. The number of nitrogens with one attached hydrogen (secondary N) is 1. The first-order valence-electron chi connectivity index (χ1n) is 7.17. The van der Waals surface area contributed by atoms with Crippen molar-refractivity contribution in [1.29, 1.82) is 0 Å². The van der Waals surface area contributed by atoms with Gasteiger partial charge in [0.25, 0.3) is 0 Å². The molecule has 1 N–H and O–H groups in total. The highest BCUT2D eigenvalue weighted by Crippen LogP contribution is 2.30. The molecule has 0 aliphatic carbocycles. The Morgan fingerprint density at radius 1 is 1.25 bits per heavy atom. The van der Waals surface area contributed by atoms with Crippen LogP contribution in [0, 0.1) is 0 Å². The lowest BCUT2D eigenvalue weighted by Crippen LogP contribution is -2.24. The number of halogens is 1. The van der Waals surface area contributed by atoms with Gasteiger partial charge in [0.2, 0.25) is 0 Å². The lowest BCUT2D eigenvalue weighted by atomic mass is 9.98. The molecule has 3 nitrogen and oxygen atoms in total. The Labute approximate surface area is 126 Å². The van der Waals surface area contributed by atoms with Crippen molar-refractivity contribution < 1.29 is 0 Å². The number of aryl methyl sites for hydroxylation is 2. The SMILES string of the molecule is CCCNC(c1ccccc1Cl)c1cn(C)nc1CC. The van der Waals surface area contributed by atoms with Crippen molar-refractivity contribution in [1.82, 2.24) is 15.1 Å². The second-order valence-corrected chi connectivity index (χ2v) is 5.37. The fourth-order valence-corrected chi connectivity index (χ4v) is 2.70. The molecular formula is C16H22ClN3. The number of benzene rings is 1. The van der Waals surface area contributed by atoms with E-state index >= 15 is 0 Å². The van der Waals surface area contributed by atoms with Crippen LogP contribution in [-0.2, 0) is 13.5 Å². The summed E-state index contributed by atoms with van der Waals surface area (Å²) in [5.41, 5.74) is 3.46. The molecule has 1 aromatic heterocycles. The minimum atomic E-state index is 0.104. The van der Waals surface area contributed by atoms with Crippen LogP contribution < -0.4 is 5.32 Å². The van der Waals surface area contributed by atoms with Crippen LogP contribution in [-0.4, -0.2) is 16.3 Å². The Hall–Kier alpha value is -1.32. The van der Waals surface area contributed by atoms with E-state index in [0.29, 0.717) is 0 Å². The van der Waals surface area contributed by atoms with Crippen LogP contribution in [0.15, 0.2) is 30.5 Å². The Balaban J connectivity index is 2.44. The number of hydrogen-bond acceptors (Lipinski definition) is 2. The van der Waals surface area contributed by atoms with E-state index in [2.05, 4.69) is 36.5 Å². The van der Waals surface area contributed by atoms with Crippen molar-refractivity contribution in [3.63, 3.8) is 0 Å². The van der Waals surface area contributed by atoms with Gasteiger partial charge in [-0.05, 0) is 31.0 Å². The van der Waals surface area contributed by atoms with Crippen LogP contribution in [0.2, 0.25) is 5.02 Å². The molecule has 0 saturated heterocycles. The molecule has 0 amide bonds. The van der Waals surface area contributed by atoms with Crippen LogP contribution in [0.4, 0.5) is 0 Å². The quantitative estimate of drug-likeness (QED) is 0.879. The maximum absolute atomic E-state index is 6.38. The standard InChI is InChI=1S/C16H22ClN3/c1-4-10-18-16(12-8-6-7-9-14(12)17)13-11-20(3)19-15(13)5-2/h6-9,11,16,18H,4-5,10H2,1-3H3. The molecule has 0 aliphatic heterocycles. The third-order valence-electron chi connectivity index (χ3n) is 3.40. The zero-order chi connectivity index (χ0) is 14.5. The molecule has 4 heteroatoms. The molecule has 1 atom stereocenters. The Kier molecular flexibility index (Phi) is 5.21. The zero-order valence-corrected chi connectivity index (χ0v) is 13.1. The molecule has 1 aromatic carbocycles. The number of hydrogen-bond donors (Lipinski definition) is 1. The average Bonchev–Trinajstić information content (AvgIpc) is 2.82. The van der Waals surface area contributed by atoms with Gasteiger partial charge in [-0.2, -0.15) is 5.10 Å². The zero-order valence-electron chi connectivity index (χ0n) is 12.4. The minimum absolute atomic E-state index is 0.104. The second kappa shape index (κ2) is 6.91. The molecule has 0 radical (unpaired) electrons. The van der Waals surface area contributed by atoms with E-state index in [1.165, 1.54) is 5.56 Å². The fourth-order valence-electron chi connectivity index (χ4n) is 2.45. The maximum Gasteiger partial charge on any atom is 0.0673 e. The van der Waals surface area contributed by atoms with Gasteiger partial charge in [-0.3, -0.25) is 4.68 Å². The summed E-state index contributed by atoms with van der Waals surface area (Å²) in [5.74, 6) is 0. The Bertz CT molecular complexity index is 563. The third-order valence-corrected chi connectivity index (χ3v) is 3.74. The molecule has 1 heterocycles. The lowest BCUT2D eigenvalue weighted by Gasteiger charge is -2.20. The summed E-state index contributed by atoms with van der Waals surface area (Å²) in [6.07, 6.45) is 4.10. The Morgan fingerprint density at radius 2 is 2.00 bits per heavy atom. The van der Waals surface area contributed by atoms with Crippen molar-refractivity contribution in [3.05, 3.63) is 52.3 Å². The predicted octanol–water partition coefficient (Wildman–Crippen LogP) is 3.72. The summed E-state index contributed by atoms with van der Waals surface area (Å²) < 4.78 is 1.88. The summed E-state index contributed by atoms with van der Waals surface area (Å²) in [6, 6.07) is 8.13. The number of rotatable bonds is 6. The van der Waals surface area contributed by atoms with Crippen molar-refractivity contribution in [2.24, 2.45) is 7.05 Å². The highest BCUT2D eigenvalue weighted by molar-refractivity contribution is 6.31. The fraction of sp³-hybridized carbons (Fsp3) is 0.438. The van der Waals surface area contributed by atoms with Crippen LogP contribution in [0.25, 0.3) is 0 Å². The molecule has 2 rings (SSSR count). The molecule has 20 heavy (non-hydrogen) atoms. The van der Waals surface area contributed by atoms with E-state index in [0.717, 1.165) is 35.7 Å². The molecule has 1 unspecified atom stereocenters. The van der Waals surface area contributed by atoms with Gasteiger partial charge in [0, 0.05) is 23.8 Å². The molecule has 0 aliphatic rings. The van der Waals surface area contributed by atoms with Gasteiger partial charge in [0.15, 0.2) is 0 Å². The van der Waals surface area contributed by atoms with E-state index < -0.39 is 0 Å². The van der Waals surface area contributed by atoms with E-state index in [-0.39, 0.29) is 6.04 Å². The second-order valence-electron chi connectivity index (χ2n) is 4.97. The predicted molar refractivity (Wildman–Crippen MR) is 84.2 cm³/mol. The molecule has 0 saturated carbocycles. The molecule has 0 fully saturated rings. The summed E-state index contributed by atoms with van der Waals surface area (Å²) in [7, 11) is 1.96. The third kappa shape index (κ3) is 3.22. The topological polar surface area (TPSA) is 29.9 Å². The van der Waals surface area contributed by atoms with Gasteiger partial charge in [-0.1, -0.05) is 43.6 Å². The van der Waals surface area contributed by atoms with E-state index in [4.69, 9.17) is 11.6 Å². The van der Waals surface area contributed by atoms with E-state index in [1.54, 1.807) is 0 Å². The first kappa shape index (κ1) is 15.1. The van der Waals surface area contributed by atoms with Gasteiger partial charge in [-0.25, -0.2) is 0 Å². The maximum atomic E-state index is 6.38. The molecule has 0 spiro atoms. The summed E-state index contributed by atoms with van der Waals surface area (Å²) in [5, 5.41) is 8.94. The van der Waals surface area contributed by atoms with E-state index in [1.807, 2.05) is 29.9 Å². The van der Waals surface area contributed by atoms with Crippen molar-refractivity contribution in [2.75, 3.05) is 6.54 Å². The largest absolute Gasteiger partial charge is 0.306 e. The van der Waals surface area contributed by atoms with Crippen LogP contribution in [0.1, 0.15) is 43.1 Å². The van der Waals surface area contributed by atoms with Crippen LogP contribution >= 0.6 is 11.6 Å². The average molecular weight is 292 g/mol. The minimum Gasteiger partial charge on any atom is -0.306 e. The van der Waals surface area contributed by atoms with Gasteiger partial charge in [0.1, 0.15) is 0 Å². The molecule has 2 aromatic rings. The summed E-state index contributed by atoms with van der Waals surface area (Å²) in [6.45, 7) is 5.25. The van der Waals surface area contributed by atoms with Gasteiger partial charge >= 0.3 is 0 Å². The summed E-state index contributed by atoms with van der Waals surface area (Å²) in [4.78, 5) is 0. The highest BCUT2D eigenvalue weighted by atomic mass is 35.5. The lowest BCUT2D eigenvalue weighted by molar-refractivity contribution is 0.594. The monoisotopic (exact) mass is 291 g/mol. The van der Waals surface area contributed by atoms with Gasteiger partial charge in [0.05, 0.1) is 11.7 Å². The first-order valence-corrected chi connectivity index (χ1v) is 7.55. The van der Waals surface area contributed by atoms with Gasteiger partial charge < -0.3 is 5.32 Å². The van der Waals surface area contributed by atoms with Crippen LogP contribution in [0.3, 0.4) is 0 Å². The molecule has 108 valence electrons. The number of nitrogens with zero attached hydrogens (tertiary/aromatic N) is 2. The van der Waals surface area contributed by atoms with Crippen molar-refractivity contribution in [3.8, 4) is 0 Å². The van der Waals surface area contributed by atoms with Crippen LogP contribution in [0.5, 0.6) is 0 Å². The normalized spacial score (nSPS) is 12.6. The molecule has 0 bridgehead atoms. The van der Waals surface area contributed by atoms with E-state index in [9.17, 15) is 0 Å². The highest BCUT2D eigenvalue weighted by Gasteiger charge is 2.20. The Morgan fingerprint density at radius 3 is 2.65 bits per heavy atom. The number of aromatic nitrogens is 2. The van der Waals surface area contributed by atoms with Crippen molar-refractivity contribution >= 4 is 11.6 Å². The van der Waals surface area contributed by atoms with Gasteiger partial charge in [-0.15, -0.1) is 0 Å². The first-order chi connectivity index (χ1) is 9.67. The summed E-state index contributed by atoms with van der Waals surface area (Å²) >= 11 is 6.38. The molecular weight excluding hydrogens is 270 g/mol. The van der Waals surface area contributed by atoms with Crippen molar-refractivity contribution in [2.45, 2.75) is 32.7 Å².